The van der Waals surface area contributed by atoms with Gasteiger partial charge >= 0.3 is 0 Å². The van der Waals surface area contributed by atoms with E-state index < -0.39 is 0 Å². The van der Waals surface area contributed by atoms with Crippen LogP contribution in [0.5, 0.6) is 5.75 Å². The van der Waals surface area contributed by atoms with Crippen molar-refractivity contribution in [2.24, 2.45) is 4.99 Å². The van der Waals surface area contributed by atoms with E-state index in [1.165, 1.54) is 5.56 Å². The predicted molar refractivity (Wildman–Crippen MR) is 127 cm³/mol. The van der Waals surface area contributed by atoms with Crippen LogP contribution in [0.3, 0.4) is 0 Å². The maximum absolute atomic E-state index is 5.97. The molecule has 1 unspecified atom stereocenters. The Bertz CT molecular complexity index is 604. The number of nitrogens with one attached hydrogen (secondary N) is 2. The zero-order valence-corrected chi connectivity index (χ0v) is 20.3. The van der Waals surface area contributed by atoms with Gasteiger partial charge in [0.2, 0.25) is 0 Å². The lowest BCUT2D eigenvalue weighted by atomic mass is 10.1. The predicted octanol–water partition coefficient (Wildman–Crippen LogP) is 3.18. The van der Waals surface area contributed by atoms with Crippen LogP contribution in [0.25, 0.3) is 0 Å². The number of guanidine groups is 1. The van der Waals surface area contributed by atoms with Crippen molar-refractivity contribution < 1.29 is 9.47 Å². The van der Waals surface area contributed by atoms with Gasteiger partial charge in [0.25, 0.3) is 0 Å². The number of nitrogens with zero attached hydrogens (tertiary/aromatic N) is 2. The fourth-order valence-corrected chi connectivity index (χ4v) is 3.05. The molecule has 2 N–H and O–H groups in total. The van der Waals surface area contributed by atoms with Crippen molar-refractivity contribution in [2.75, 3.05) is 39.4 Å². The highest BCUT2D eigenvalue weighted by atomic mass is 127. The lowest BCUT2D eigenvalue weighted by molar-refractivity contribution is 0.0211. The van der Waals surface area contributed by atoms with Crippen molar-refractivity contribution in [1.29, 1.82) is 0 Å². The molecule has 7 heteroatoms. The van der Waals surface area contributed by atoms with Crippen LogP contribution in [-0.2, 0) is 11.3 Å². The Morgan fingerprint density at radius 2 is 1.93 bits per heavy atom. The van der Waals surface area contributed by atoms with Gasteiger partial charge in [0.15, 0.2) is 5.96 Å². The van der Waals surface area contributed by atoms with E-state index >= 15 is 0 Å². The molecule has 0 aliphatic carbocycles. The van der Waals surface area contributed by atoms with E-state index in [4.69, 9.17) is 14.5 Å². The number of ether oxygens (including phenoxy) is 2. The lowest BCUT2D eigenvalue weighted by Crippen LogP contribution is -2.49. The zero-order chi connectivity index (χ0) is 19.6. The number of morpholine rings is 1. The van der Waals surface area contributed by atoms with Gasteiger partial charge in [-0.25, -0.2) is 4.99 Å². The van der Waals surface area contributed by atoms with Crippen molar-refractivity contribution in [3.63, 3.8) is 0 Å². The van der Waals surface area contributed by atoms with Crippen LogP contribution < -0.4 is 15.4 Å². The smallest absolute Gasteiger partial charge is 0.191 e. The van der Waals surface area contributed by atoms with Crippen LogP contribution in [0.4, 0.5) is 0 Å². The summed E-state index contributed by atoms with van der Waals surface area (Å²) in [5.74, 6) is 1.76. The van der Waals surface area contributed by atoms with Gasteiger partial charge in [-0.1, -0.05) is 12.1 Å². The molecule has 0 amide bonds. The summed E-state index contributed by atoms with van der Waals surface area (Å²) in [6.45, 7) is 16.4. The van der Waals surface area contributed by atoms with E-state index in [0.717, 1.165) is 56.7 Å². The number of aryl methyl sites for hydroxylation is 1. The third-order valence-electron chi connectivity index (χ3n) is 4.57. The average Bonchev–Trinajstić information content (AvgIpc) is 2.65. The summed E-state index contributed by atoms with van der Waals surface area (Å²) in [6.07, 6.45) is 0.148. The quantitative estimate of drug-likeness (QED) is 0.324. The molecule has 1 aromatic rings. The van der Waals surface area contributed by atoms with Gasteiger partial charge in [-0.05, 0) is 46.2 Å². The second kappa shape index (κ2) is 13.2. The van der Waals surface area contributed by atoms with Crippen molar-refractivity contribution in [2.45, 2.75) is 53.3 Å². The first-order valence-electron chi connectivity index (χ1n) is 10.1. The molecule has 0 saturated carbocycles. The Morgan fingerprint density at radius 3 is 2.57 bits per heavy atom. The van der Waals surface area contributed by atoms with Crippen molar-refractivity contribution >= 4 is 29.9 Å². The molecule has 1 atom stereocenters. The first-order chi connectivity index (χ1) is 13.0. The standard InChI is InChI=1S/C21H36N4O2.HI/c1-6-22-21(23-14-18(5)25-9-11-26-12-10-25)24-15-19-8-7-17(4)13-20(19)27-16(2)3;/h7-8,13,16,18H,6,9-12,14-15H2,1-5H3,(H2,22,23,24);1H. The Morgan fingerprint density at radius 1 is 1.21 bits per heavy atom. The summed E-state index contributed by atoms with van der Waals surface area (Å²) in [5.41, 5.74) is 2.30. The molecular formula is C21H37IN4O2. The van der Waals surface area contributed by atoms with E-state index in [1.807, 2.05) is 13.8 Å². The minimum atomic E-state index is 0. The molecule has 6 nitrogen and oxygen atoms in total. The molecule has 1 fully saturated rings. The topological polar surface area (TPSA) is 58.1 Å². The molecule has 0 spiro atoms. The summed E-state index contributed by atoms with van der Waals surface area (Å²) in [6, 6.07) is 6.75. The SMILES string of the molecule is CCNC(=NCc1ccc(C)cc1OC(C)C)NCC(C)N1CCOCC1.I. The number of aliphatic imine (C=N–C) groups is 1. The van der Waals surface area contributed by atoms with Gasteiger partial charge in [-0.2, -0.15) is 0 Å². The lowest BCUT2D eigenvalue weighted by Gasteiger charge is -2.32. The van der Waals surface area contributed by atoms with E-state index in [2.05, 4.69) is 54.5 Å². The van der Waals surface area contributed by atoms with Crippen LogP contribution in [-0.4, -0.2) is 62.4 Å². The highest BCUT2D eigenvalue weighted by molar-refractivity contribution is 14.0. The van der Waals surface area contributed by atoms with Crippen molar-refractivity contribution in [1.82, 2.24) is 15.5 Å². The second-order valence-corrected chi connectivity index (χ2v) is 7.35. The largest absolute Gasteiger partial charge is 0.491 e. The molecule has 160 valence electrons. The van der Waals surface area contributed by atoms with Crippen LogP contribution >= 0.6 is 24.0 Å². The fraction of sp³-hybridized carbons (Fsp3) is 0.667. The summed E-state index contributed by atoms with van der Waals surface area (Å²) < 4.78 is 11.4. The van der Waals surface area contributed by atoms with Crippen LogP contribution in [0, 0.1) is 6.92 Å². The molecule has 1 aromatic carbocycles. The fourth-order valence-electron chi connectivity index (χ4n) is 3.05. The second-order valence-electron chi connectivity index (χ2n) is 7.35. The normalized spacial score (nSPS) is 16.4. The van der Waals surface area contributed by atoms with E-state index in [0.29, 0.717) is 12.6 Å². The Balaban J connectivity index is 0.00000392. The van der Waals surface area contributed by atoms with Gasteiger partial charge in [-0.15, -0.1) is 24.0 Å². The summed E-state index contributed by atoms with van der Waals surface area (Å²) in [4.78, 5) is 7.22. The molecule has 2 rings (SSSR count). The van der Waals surface area contributed by atoms with E-state index in [1.54, 1.807) is 0 Å². The monoisotopic (exact) mass is 504 g/mol. The minimum absolute atomic E-state index is 0. The van der Waals surface area contributed by atoms with E-state index in [-0.39, 0.29) is 30.1 Å². The van der Waals surface area contributed by atoms with Crippen molar-refractivity contribution in [3.05, 3.63) is 29.3 Å². The number of benzene rings is 1. The van der Waals surface area contributed by atoms with Crippen LogP contribution in [0.15, 0.2) is 23.2 Å². The van der Waals surface area contributed by atoms with Crippen molar-refractivity contribution in [3.8, 4) is 5.75 Å². The average molecular weight is 504 g/mol. The molecule has 0 radical (unpaired) electrons. The highest BCUT2D eigenvalue weighted by Crippen LogP contribution is 2.22. The maximum Gasteiger partial charge on any atom is 0.191 e. The van der Waals surface area contributed by atoms with Gasteiger partial charge < -0.3 is 20.1 Å². The number of hydrogen-bond donors (Lipinski definition) is 2. The van der Waals surface area contributed by atoms with Crippen LogP contribution in [0.2, 0.25) is 0 Å². The molecular weight excluding hydrogens is 467 g/mol. The summed E-state index contributed by atoms with van der Waals surface area (Å²) in [7, 11) is 0. The molecule has 28 heavy (non-hydrogen) atoms. The van der Waals surface area contributed by atoms with E-state index in [9.17, 15) is 0 Å². The summed E-state index contributed by atoms with van der Waals surface area (Å²) in [5, 5.41) is 6.81. The highest BCUT2D eigenvalue weighted by Gasteiger charge is 2.17. The Kier molecular flexibility index (Phi) is 11.8. The molecule has 1 aliphatic rings. The third-order valence-corrected chi connectivity index (χ3v) is 4.57. The maximum atomic E-state index is 5.97. The van der Waals surface area contributed by atoms with Gasteiger partial charge in [-0.3, -0.25) is 4.90 Å². The zero-order valence-electron chi connectivity index (χ0n) is 18.0. The summed E-state index contributed by atoms with van der Waals surface area (Å²) >= 11 is 0. The molecule has 0 aromatic heterocycles. The Labute approximate surface area is 187 Å². The molecule has 1 saturated heterocycles. The number of halogens is 1. The molecule has 1 heterocycles. The van der Waals surface area contributed by atoms with Crippen LogP contribution in [0.1, 0.15) is 38.8 Å². The number of rotatable bonds is 8. The Hall–Kier alpha value is -1.06. The van der Waals surface area contributed by atoms with Gasteiger partial charge in [0.1, 0.15) is 5.75 Å². The third kappa shape index (κ3) is 8.53. The van der Waals surface area contributed by atoms with Gasteiger partial charge in [0, 0.05) is 37.8 Å². The first-order valence-corrected chi connectivity index (χ1v) is 10.1. The molecule has 0 bridgehead atoms. The molecule has 1 aliphatic heterocycles. The number of hydrogen-bond acceptors (Lipinski definition) is 4. The van der Waals surface area contributed by atoms with Gasteiger partial charge in [0.05, 0.1) is 25.9 Å². The minimum Gasteiger partial charge on any atom is -0.491 e. The first kappa shape index (κ1) is 25.0.